The van der Waals surface area contributed by atoms with Gasteiger partial charge in [0, 0.05) is 12.8 Å². The summed E-state index contributed by atoms with van der Waals surface area (Å²) in [6.45, 7) is 2.00. The lowest BCUT2D eigenvalue weighted by Gasteiger charge is -2.07. The summed E-state index contributed by atoms with van der Waals surface area (Å²) in [6.07, 6.45) is 1.33. The molecule has 0 saturated carbocycles. The van der Waals surface area contributed by atoms with Crippen LogP contribution >= 0.6 is 0 Å². The Balaban J connectivity index is 3.65. The van der Waals surface area contributed by atoms with Crippen molar-refractivity contribution in [3.8, 4) is 0 Å². The maximum Gasteiger partial charge on any atom is 0.308 e. The van der Waals surface area contributed by atoms with Crippen molar-refractivity contribution in [1.82, 2.24) is 0 Å². The molecule has 14 heavy (non-hydrogen) atoms. The van der Waals surface area contributed by atoms with Crippen molar-refractivity contribution in [3.63, 3.8) is 0 Å². The third-order valence-electron chi connectivity index (χ3n) is 1.90. The summed E-state index contributed by atoms with van der Waals surface area (Å²) in [5, 5.41) is 9.30. The Morgan fingerprint density at radius 2 is 2.00 bits per heavy atom. The zero-order valence-electron chi connectivity index (χ0n) is 8.78. The molecular formula is C10H18O4. The van der Waals surface area contributed by atoms with E-state index in [1.165, 1.54) is 7.11 Å². The predicted molar refractivity (Wildman–Crippen MR) is 51.8 cm³/mol. The van der Waals surface area contributed by atoms with Gasteiger partial charge in [-0.1, -0.05) is 13.3 Å². The number of aliphatic hydroxyl groups excluding tert-OH is 1. The Labute approximate surface area is 84.3 Å². The monoisotopic (exact) mass is 202 g/mol. The summed E-state index contributed by atoms with van der Waals surface area (Å²) in [6, 6.07) is 0. The van der Waals surface area contributed by atoms with Gasteiger partial charge in [0.25, 0.3) is 0 Å². The lowest BCUT2D eigenvalue weighted by Crippen LogP contribution is -2.18. The lowest BCUT2D eigenvalue weighted by atomic mass is 10.1. The highest BCUT2D eigenvalue weighted by Crippen LogP contribution is 2.05. The normalized spacial score (nSPS) is 12.2. The molecule has 0 aliphatic rings. The number of carbonyl (C=O) groups is 2. The summed E-state index contributed by atoms with van der Waals surface area (Å²) in [5.74, 6) is -0.482. The van der Waals surface area contributed by atoms with Gasteiger partial charge < -0.3 is 9.84 Å². The van der Waals surface area contributed by atoms with Gasteiger partial charge >= 0.3 is 5.97 Å². The highest BCUT2D eigenvalue weighted by Gasteiger charge is 2.14. The van der Waals surface area contributed by atoms with Crippen molar-refractivity contribution in [2.45, 2.75) is 45.1 Å². The van der Waals surface area contributed by atoms with Crippen molar-refractivity contribution in [3.05, 3.63) is 0 Å². The van der Waals surface area contributed by atoms with E-state index in [2.05, 4.69) is 4.74 Å². The van der Waals surface area contributed by atoms with Gasteiger partial charge in [0.05, 0.1) is 19.6 Å². The van der Waals surface area contributed by atoms with Gasteiger partial charge in [0.1, 0.15) is 5.78 Å². The molecule has 4 heteroatoms. The van der Waals surface area contributed by atoms with E-state index in [9.17, 15) is 14.7 Å². The molecule has 0 aromatic carbocycles. The largest absolute Gasteiger partial charge is 0.469 e. The van der Waals surface area contributed by atoms with E-state index in [4.69, 9.17) is 0 Å². The van der Waals surface area contributed by atoms with Crippen LogP contribution in [0, 0.1) is 0 Å². The molecule has 0 aliphatic carbocycles. The fraction of sp³-hybridized carbons (Fsp3) is 0.800. The first-order valence-electron chi connectivity index (χ1n) is 4.86. The molecule has 1 unspecified atom stereocenters. The summed E-state index contributed by atoms with van der Waals surface area (Å²) < 4.78 is 4.37. The third kappa shape index (κ3) is 6.60. The maximum atomic E-state index is 11.2. The number of rotatable bonds is 7. The first-order chi connectivity index (χ1) is 6.60. The van der Waals surface area contributed by atoms with E-state index in [-0.39, 0.29) is 18.6 Å². The average Bonchev–Trinajstić information content (AvgIpc) is 2.14. The van der Waals surface area contributed by atoms with Crippen molar-refractivity contribution < 1.29 is 19.4 Å². The molecule has 0 radical (unpaired) electrons. The first-order valence-corrected chi connectivity index (χ1v) is 4.86. The molecular weight excluding hydrogens is 184 g/mol. The number of hydrogen-bond donors (Lipinski definition) is 1. The molecule has 4 nitrogen and oxygen atoms in total. The van der Waals surface area contributed by atoms with E-state index in [0.29, 0.717) is 6.42 Å². The SMILES string of the molecule is CCCCC(=O)CC(O)CC(=O)OC. The van der Waals surface area contributed by atoms with Crippen LogP contribution < -0.4 is 0 Å². The van der Waals surface area contributed by atoms with Crippen LogP contribution in [0.5, 0.6) is 0 Å². The van der Waals surface area contributed by atoms with Crippen LogP contribution in [-0.2, 0) is 14.3 Å². The number of methoxy groups -OCH3 is 1. The molecule has 0 heterocycles. The van der Waals surface area contributed by atoms with Crippen LogP contribution in [0.1, 0.15) is 39.0 Å². The fourth-order valence-corrected chi connectivity index (χ4v) is 1.09. The number of aliphatic hydroxyl groups is 1. The molecule has 1 atom stereocenters. The van der Waals surface area contributed by atoms with E-state index < -0.39 is 12.1 Å². The van der Waals surface area contributed by atoms with Gasteiger partial charge in [0.2, 0.25) is 0 Å². The topological polar surface area (TPSA) is 63.6 Å². The van der Waals surface area contributed by atoms with Gasteiger partial charge in [0.15, 0.2) is 0 Å². The van der Waals surface area contributed by atoms with Gasteiger partial charge in [-0.05, 0) is 6.42 Å². The van der Waals surface area contributed by atoms with Gasteiger partial charge in [-0.3, -0.25) is 9.59 Å². The Hall–Kier alpha value is -0.900. The first kappa shape index (κ1) is 13.1. The van der Waals surface area contributed by atoms with Crippen LogP contribution in [0.25, 0.3) is 0 Å². The number of carbonyl (C=O) groups excluding carboxylic acids is 2. The molecule has 0 spiro atoms. The minimum absolute atomic E-state index is 0.00301. The number of esters is 1. The van der Waals surface area contributed by atoms with Gasteiger partial charge in [-0.15, -0.1) is 0 Å². The molecule has 82 valence electrons. The second kappa shape index (κ2) is 7.50. The number of Topliss-reactive ketones (excluding diaryl/α,β-unsaturated/α-hetero) is 1. The Kier molecular flexibility index (Phi) is 7.02. The molecule has 0 aromatic rings. The van der Waals surface area contributed by atoms with E-state index in [1.54, 1.807) is 0 Å². The van der Waals surface area contributed by atoms with Gasteiger partial charge in [-0.2, -0.15) is 0 Å². The molecule has 0 aliphatic heterocycles. The van der Waals surface area contributed by atoms with E-state index in [0.717, 1.165) is 12.8 Å². The van der Waals surface area contributed by atoms with Crippen LogP contribution in [-0.4, -0.2) is 30.1 Å². The van der Waals surface area contributed by atoms with E-state index >= 15 is 0 Å². The number of unbranched alkanes of at least 4 members (excludes halogenated alkanes) is 1. The highest BCUT2D eigenvalue weighted by molar-refractivity contribution is 5.79. The van der Waals surface area contributed by atoms with Crippen molar-refractivity contribution in [2.75, 3.05) is 7.11 Å². The molecule has 0 fully saturated rings. The van der Waals surface area contributed by atoms with Crippen LogP contribution in [0.15, 0.2) is 0 Å². The number of hydrogen-bond acceptors (Lipinski definition) is 4. The minimum atomic E-state index is -0.896. The smallest absolute Gasteiger partial charge is 0.308 e. The lowest BCUT2D eigenvalue weighted by molar-refractivity contribution is -0.143. The van der Waals surface area contributed by atoms with Crippen molar-refractivity contribution >= 4 is 11.8 Å². The Morgan fingerprint density at radius 3 is 2.50 bits per heavy atom. The molecule has 0 saturated heterocycles. The number of ketones is 1. The summed E-state index contributed by atoms with van der Waals surface area (Å²) >= 11 is 0. The van der Waals surface area contributed by atoms with E-state index in [1.807, 2.05) is 6.92 Å². The Bertz CT molecular complexity index is 189. The second-order valence-electron chi connectivity index (χ2n) is 3.28. The second-order valence-corrected chi connectivity index (χ2v) is 3.28. The Morgan fingerprint density at radius 1 is 1.36 bits per heavy atom. The summed E-state index contributed by atoms with van der Waals surface area (Å²) in [5.41, 5.74) is 0. The molecule has 0 amide bonds. The average molecular weight is 202 g/mol. The molecule has 0 bridgehead atoms. The quantitative estimate of drug-likeness (QED) is 0.627. The summed E-state index contributed by atoms with van der Waals surface area (Å²) in [7, 11) is 1.26. The third-order valence-corrected chi connectivity index (χ3v) is 1.90. The van der Waals surface area contributed by atoms with Gasteiger partial charge in [-0.25, -0.2) is 0 Å². The van der Waals surface area contributed by atoms with Crippen molar-refractivity contribution in [2.24, 2.45) is 0 Å². The van der Waals surface area contributed by atoms with Crippen LogP contribution in [0.2, 0.25) is 0 Å². The van der Waals surface area contributed by atoms with Crippen LogP contribution in [0.3, 0.4) is 0 Å². The fourth-order valence-electron chi connectivity index (χ4n) is 1.09. The maximum absolute atomic E-state index is 11.2. The minimum Gasteiger partial charge on any atom is -0.469 e. The van der Waals surface area contributed by atoms with Crippen LogP contribution in [0.4, 0.5) is 0 Å². The highest BCUT2D eigenvalue weighted by atomic mass is 16.5. The predicted octanol–water partition coefficient (Wildman–Crippen LogP) is 1.06. The standard InChI is InChI=1S/C10H18O4/c1-3-4-5-8(11)6-9(12)7-10(13)14-2/h9,12H,3-7H2,1-2H3. The molecule has 0 aromatic heterocycles. The molecule has 0 rings (SSSR count). The van der Waals surface area contributed by atoms with Crippen molar-refractivity contribution in [1.29, 1.82) is 0 Å². The molecule has 1 N–H and O–H groups in total. The zero-order valence-corrected chi connectivity index (χ0v) is 8.78. The summed E-state index contributed by atoms with van der Waals surface area (Å²) in [4.78, 5) is 21.9. The zero-order chi connectivity index (χ0) is 11.0. The number of ether oxygens (including phenoxy) is 1.